The highest BCUT2D eigenvalue weighted by atomic mass is 35.5. The zero-order valence-electron chi connectivity index (χ0n) is 11.9. The van der Waals surface area contributed by atoms with Crippen LogP contribution < -0.4 is 10.6 Å². The molecule has 110 valence electrons. The van der Waals surface area contributed by atoms with E-state index in [2.05, 4.69) is 27.6 Å². The lowest BCUT2D eigenvalue weighted by Gasteiger charge is -2.28. The Morgan fingerprint density at radius 2 is 2.15 bits per heavy atom. The summed E-state index contributed by atoms with van der Waals surface area (Å²) in [6.45, 7) is 2.93. The van der Waals surface area contributed by atoms with Crippen LogP contribution in [0, 0.1) is 5.92 Å². The first-order valence-electron chi connectivity index (χ1n) is 6.90. The van der Waals surface area contributed by atoms with Gasteiger partial charge in [0.1, 0.15) is 11.0 Å². The first-order chi connectivity index (χ1) is 9.58. The van der Waals surface area contributed by atoms with Crippen molar-refractivity contribution in [2.45, 2.75) is 12.8 Å². The van der Waals surface area contributed by atoms with Crippen LogP contribution in [0.5, 0.6) is 0 Å². The van der Waals surface area contributed by atoms with E-state index in [1.807, 2.05) is 0 Å². The van der Waals surface area contributed by atoms with E-state index in [0.29, 0.717) is 22.5 Å². The number of anilines is 1. The molecule has 1 saturated heterocycles. The lowest BCUT2D eigenvalue weighted by molar-refractivity contribution is 0.0939. The van der Waals surface area contributed by atoms with Gasteiger partial charge in [0.25, 0.3) is 5.91 Å². The highest BCUT2D eigenvalue weighted by Crippen LogP contribution is 2.16. The van der Waals surface area contributed by atoms with Crippen molar-refractivity contribution >= 4 is 23.3 Å². The van der Waals surface area contributed by atoms with Crippen LogP contribution >= 0.6 is 11.6 Å². The summed E-state index contributed by atoms with van der Waals surface area (Å²) in [6.07, 6.45) is 2.27. The fourth-order valence-corrected chi connectivity index (χ4v) is 2.57. The molecule has 1 fully saturated rings. The molecule has 2 N–H and O–H groups in total. The third kappa shape index (κ3) is 4.08. The second kappa shape index (κ2) is 6.90. The summed E-state index contributed by atoms with van der Waals surface area (Å²) in [7, 11) is 3.88. The van der Waals surface area contributed by atoms with E-state index in [9.17, 15) is 4.79 Å². The van der Waals surface area contributed by atoms with E-state index in [4.69, 9.17) is 11.6 Å². The molecule has 1 aliphatic rings. The second-order valence-corrected chi connectivity index (χ2v) is 5.66. The molecular weight excluding hydrogens is 276 g/mol. The number of halogens is 1. The molecule has 0 bridgehead atoms. The number of carbonyl (C=O) groups is 1. The van der Waals surface area contributed by atoms with Crippen LogP contribution in [0.15, 0.2) is 12.1 Å². The van der Waals surface area contributed by atoms with Gasteiger partial charge in [-0.3, -0.25) is 4.79 Å². The van der Waals surface area contributed by atoms with Gasteiger partial charge in [-0.25, -0.2) is 4.98 Å². The van der Waals surface area contributed by atoms with Gasteiger partial charge in [-0.2, -0.15) is 0 Å². The molecule has 2 heterocycles. The van der Waals surface area contributed by atoms with Crippen LogP contribution in [-0.2, 0) is 0 Å². The van der Waals surface area contributed by atoms with Crippen LogP contribution in [-0.4, -0.2) is 49.5 Å². The molecule has 20 heavy (non-hydrogen) atoms. The van der Waals surface area contributed by atoms with Gasteiger partial charge in [-0.1, -0.05) is 11.6 Å². The fourth-order valence-electron chi connectivity index (χ4n) is 2.36. The van der Waals surface area contributed by atoms with Crippen LogP contribution in [0.4, 0.5) is 5.82 Å². The van der Waals surface area contributed by atoms with Crippen molar-refractivity contribution in [1.82, 2.24) is 15.2 Å². The fraction of sp³-hybridized carbons (Fsp3) is 0.571. The predicted octanol–water partition coefficient (Wildman–Crippen LogP) is 1.85. The molecule has 1 aromatic heterocycles. The number of carbonyl (C=O) groups excluding carboxylic acids is 1. The third-order valence-corrected chi connectivity index (χ3v) is 3.90. The Morgan fingerprint density at radius 3 is 2.80 bits per heavy atom. The summed E-state index contributed by atoms with van der Waals surface area (Å²) in [5.74, 6) is 1.07. The van der Waals surface area contributed by atoms with Crippen LogP contribution in [0.1, 0.15) is 23.2 Å². The molecule has 1 aliphatic heterocycles. The monoisotopic (exact) mass is 296 g/mol. The van der Waals surface area contributed by atoms with Crippen molar-refractivity contribution < 1.29 is 4.79 Å². The highest BCUT2D eigenvalue weighted by molar-refractivity contribution is 6.29. The molecule has 0 spiro atoms. The van der Waals surface area contributed by atoms with Gasteiger partial charge < -0.3 is 15.5 Å². The molecule has 0 atom stereocenters. The lowest BCUT2D eigenvalue weighted by atomic mass is 9.97. The summed E-state index contributed by atoms with van der Waals surface area (Å²) in [5.41, 5.74) is 0.544. The Balaban J connectivity index is 1.90. The molecular formula is C14H21ClN4O. The van der Waals surface area contributed by atoms with Crippen molar-refractivity contribution in [3.8, 4) is 0 Å². The normalized spacial score (nSPS) is 16.9. The predicted molar refractivity (Wildman–Crippen MR) is 81.3 cm³/mol. The largest absolute Gasteiger partial charge is 0.373 e. The van der Waals surface area contributed by atoms with Gasteiger partial charge >= 0.3 is 0 Å². The molecule has 1 aromatic rings. The maximum atomic E-state index is 12.1. The Kier molecular flexibility index (Phi) is 5.20. The average Bonchev–Trinajstić information content (AvgIpc) is 2.45. The molecule has 1 amide bonds. The molecule has 0 aliphatic carbocycles. The highest BCUT2D eigenvalue weighted by Gasteiger charge is 2.17. The molecule has 0 unspecified atom stereocenters. The number of rotatable bonds is 4. The van der Waals surface area contributed by atoms with Gasteiger partial charge in [0.15, 0.2) is 0 Å². The number of hydrogen-bond donors (Lipinski definition) is 2. The van der Waals surface area contributed by atoms with Gasteiger partial charge in [0.2, 0.25) is 0 Å². The number of nitrogens with one attached hydrogen (secondary N) is 2. The zero-order chi connectivity index (χ0) is 14.5. The molecule has 0 aromatic carbocycles. The molecule has 5 nitrogen and oxygen atoms in total. The summed E-state index contributed by atoms with van der Waals surface area (Å²) in [6, 6.07) is 3.29. The number of hydrogen-bond acceptors (Lipinski definition) is 4. The summed E-state index contributed by atoms with van der Waals surface area (Å²) in [4.78, 5) is 18.5. The number of piperidine rings is 1. The van der Waals surface area contributed by atoms with Crippen LogP contribution in [0.25, 0.3) is 0 Å². The third-order valence-electron chi connectivity index (χ3n) is 3.70. The topological polar surface area (TPSA) is 57.3 Å². The summed E-state index contributed by atoms with van der Waals surface area (Å²) < 4.78 is 0. The smallest absolute Gasteiger partial charge is 0.251 e. The molecule has 6 heteroatoms. The first-order valence-corrected chi connectivity index (χ1v) is 7.28. The Hall–Kier alpha value is -1.33. The second-order valence-electron chi connectivity index (χ2n) is 5.27. The Bertz CT molecular complexity index is 472. The van der Waals surface area contributed by atoms with Crippen molar-refractivity contribution in [2.75, 3.05) is 39.0 Å². The van der Waals surface area contributed by atoms with Gasteiger partial charge in [-0.05, 0) is 51.0 Å². The van der Waals surface area contributed by atoms with Crippen molar-refractivity contribution in [3.63, 3.8) is 0 Å². The maximum absolute atomic E-state index is 12.1. The number of aromatic nitrogens is 1. The van der Waals surface area contributed by atoms with Gasteiger partial charge in [-0.15, -0.1) is 0 Å². The van der Waals surface area contributed by atoms with E-state index >= 15 is 0 Å². The lowest BCUT2D eigenvalue weighted by Crippen LogP contribution is -2.36. The Morgan fingerprint density at radius 1 is 1.45 bits per heavy atom. The van der Waals surface area contributed by atoms with E-state index in [1.165, 1.54) is 0 Å². The first kappa shape index (κ1) is 15.1. The molecule has 0 saturated carbocycles. The van der Waals surface area contributed by atoms with E-state index in [0.717, 1.165) is 32.5 Å². The number of amides is 1. The van der Waals surface area contributed by atoms with Crippen molar-refractivity contribution in [1.29, 1.82) is 0 Å². The van der Waals surface area contributed by atoms with E-state index in [-0.39, 0.29) is 5.91 Å². The SMILES string of the molecule is CNc1cc(C(=O)NCC2CCN(C)CC2)cc(Cl)n1. The number of nitrogens with zero attached hydrogens (tertiary/aromatic N) is 2. The van der Waals surface area contributed by atoms with Crippen molar-refractivity contribution in [3.05, 3.63) is 22.8 Å². The quantitative estimate of drug-likeness (QED) is 0.833. The Labute approximate surface area is 124 Å². The summed E-state index contributed by atoms with van der Waals surface area (Å²) in [5, 5.41) is 6.20. The minimum atomic E-state index is -0.0928. The van der Waals surface area contributed by atoms with Gasteiger partial charge in [0, 0.05) is 19.2 Å². The maximum Gasteiger partial charge on any atom is 0.251 e. The summed E-state index contributed by atoms with van der Waals surface area (Å²) >= 11 is 5.90. The minimum absolute atomic E-state index is 0.0928. The molecule has 0 radical (unpaired) electrons. The van der Waals surface area contributed by atoms with Crippen LogP contribution in [0.3, 0.4) is 0 Å². The minimum Gasteiger partial charge on any atom is -0.373 e. The van der Waals surface area contributed by atoms with Crippen LogP contribution in [0.2, 0.25) is 5.15 Å². The van der Waals surface area contributed by atoms with E-state index < -0.39 is 0 Å². The van der Waals surface area contributed by atoms with Gasteiger partial charge in [0.05, 0.1) is 0 Å². The molecule has 2 rings (SSSR count). The number of pyridine rings is 1. The average molecular weight is 297 g/mol. The zero-order valence-corrected chi connectivity index (χ0v) is 12.7. The standard InChI is InChI=1S/C14H21ClN4O/c1-16-13-8-11(7-12(15)18-13)14(20)17-9-10-3-5-19(2)6-4-10/h7-8,10H,3-6,9H2,1-2H3,(H,16,18)(H,17,20). The van der Waals surface area contributed by atoms with Crippen molar-refractivity contribution in [2.24, 2.45) is 5.92 Å². The number of likely N-dealkylation sites (tertiary alicyclic amines) is 1. The van der Waals surface area contributed by atoms with E-state index in [1.54, 1.807) is 19.2 Å².